The van der Waals surface area contributed by atoms with Gasteiger partial charge in [0.2, 0.25) is 5.95 Å². The summed E-state index contributed by atoms with van der Waals surface area (Å²) in [7, 11) is 0. The number of piperidine rings is 1. The standard InChI is InChI=1S/C23H25F3N4O/c1-15(2)30-11-9-19(10-12-30)31-20-8-3-16-14-27-22(29-21(16)13-20)28-18-6-4-17(5-7-18)23(24,25)26/h3-8,13-15,19H,9-12H2,1-2H3,(H,27,28,29). The lowest BCUT2D eigenvalue weighted by atomic mass is 10.1. The molecule has 1 aromatic heterocycles. The minimum absolute atomic E-state index is 0.180. The van der Waals surface area contributed by atoms with Crippen molar-refractivity contribution in [1.82, 2.24) is 14.9 Å². The number of likely N-dealkylation sites (tertiary alicyclic amines) is 1. The maximum atomic E-state index is 12.7. The number of benzene rings is 2. The molecule has 5 nitrogen and oxygen atoms in total. The molecule has 0 amide bonds. The summed E-state index contributed by atoms with van der Waals surface area (Å²) in [5.41, 5.74) is 0.497. The molecule has 0 bridgehead atoms. The van der Waals surface area contributed by atoms with E-state index in [1.807, 2.05) is 18.2 Å². The fraction of sp³-hybridized carbons (Fsp3) is 0.391. The van der Waals surface area contributed by atoms with E-state index in [9.17, 15) is 13.2 Å². The Morgan fingerprint density at radius 3 is 2.42 bits per heavy atom. The number of hydrogen-bond donors (Lipinski definition) is 1. The molecule has 1 aliphatic heterocycles. The fourth-order valence-electron chi connectivity index (χ4n) is 3.71. The Morgan fingerprint density at radius 1 is 1.06 bits per heavy atom. The van der Waals surface area contributed by atoms with E-state index in [-0.39, 0.29) is 6.10 Å². The van der Waals surface area contributed by atoms with Crippen LogP contribution in [0.25, 0.3) is 10.9 Å². The Morgan fingerprint density at radius 2 is 1.77 bits per heavy atom. The quantitative estimate of drug-likeness (QED) is 0.567. The van der Waals surface area contributed by atoms with Crippen LogP contribution in [0, 0.1) is 0 Å². The molecule has 1 aliphatic rings. The van der Waals surface area contributed by atoms with E-state index in [4.69, 9.17) is 4.74 Å². The topological polar surface area (TPSA) is 50.3 Å². The van der Waals surface area contributed by atoms with E-state index in [1.54, 1.807) is 6.20 Å². The van der Waals surface area contributed by atoms with Crippen LogP contribution in [0.1, 0.15) is 32.3 Å². The Bertz CT molecular complexity index is 1030. The van der Waals surface area contributed by atoms with Gasteiger partial charge in [-0.1, -0.05) is 0 Å². The molecule has 164 valence electrons. The second-order valence-corrected chi connectivity index (χ2v) is 8.06. The van der Waals surface area contributed by atoms with E-state index in [1.165, 1.54) is 12.1 Å². The van der Waals surface area contributed by atoms with Gasteiger partial charge in [0.25, 0.3) is 0 Å². The van der Waals surface area contributed by atoms with Gasteiger partial charge in [-0.2, -0.15) is 13.2 Å². The average Bonchev–Trinajstić information content (AvgIpc) is 2.74. The van der Waals surface area contributed by atoms with Crippen LogP contribution in [-0.2, 0) is 6.18 Å². The Hall–Kier alpha value is -2.87. The van der Waals surface area contributed by atoms with Crippen LogP contribution in [0.3, 0.4) is 0 Å². The molecule has 1 saturated heterocycles. The number of aromatic nitrogens is 2. The number of rotatable bonds is 5. The summed E-state index contributed by atoms with van der Waals surface area (Å²) < 4.78 is 44.3. The number of hydrogen-bond acceptors (Lipinski definition) is 5. The second-order valence-electron chi connectivity index (χ2n) is 8.06. The van der Waals surface area contributed by atoms with Gasteiger partial charge in [0, 0.05) is 42.5 Å². The number of ether oxygens (including phenoxy) is 1. The van der Waals surface area contributed by atoms with Crippen molar-refractivity contribution < 1.29 is 17.9 Å². The molecule has 2 heterocycles. The van der Waals surface area contributed by atoms with Crippen LogP contribution in [0.4, 0.5) is 24.8 Å². The summed E-state index contributed by atoms with van der Waals surface area (Å²) in [4.78, 5) is 11.2. The summed E-state index contributed by atoms with van der Waals surface area (Å²) in [5.74, 6) is 1.07. The van der Waals surface area contributed by atoms with Crippen molar-refractivity contribution >= 4 is 22.5 Å². The molecule has 0 spiro atoms. The van der Waals surface area contributed by atoms with Crippen molar-refractivity contribution in [3.63, 3.8) is 0 Å². The maximum Gasteiger partial charge on any atom is 0.416 e. The monoisotopic (exact) mass is 430 g/mol. The minimum Gasteiger partial charge on any atom is -0.490 e. The van der Waals surface area contributed by atoms with E-state index in [0.717, 1.165) is 49.2 Å². The summed E-state index contributed by atoms with van der Waals surface area (Å²) in [6.07, 6.45) is -0.528. The lowest BCUT2D eigenvalue weighted by Gasteiger charge is -2.34. The highest BCUT2D eigenvalue weighted by molar-refractivity contribution is 5.80. The molecule has 1 N–H and O–H groups in total. The highest BCUT2D eigenvalue weighted by atomic mass is 19.4. The number of fused-ring (bicyclic) bond motifs is 1. The van der Waals surface area contributed by atoms with Crippen molar-refractivity contribution in [3.05, 3.63) is 54.2 Å². The first-order valence-corrected chi connectivity index (χ1v) is 10.4. The average molecular weight is 430 g/mol. The third kappa shape index (κ3) is 5.25. The summed E-state index contributed by atoms with van der Waals surface area (Å²) >= 11 is 0. The number of nitrogens with one attached hydrogen (secondary N) is 1. The number of halogens is 3. The first-order valence-electron chi connectivity index (χ1n) is 10.4. The molecule has 0 unspecified atom stereocenters. The van der Waals surface area contributed by atoms with Crippen molar-refractivity contribution in [1.29, 1.82) is 0 Å². The Labute approximate surface area is 179 Å². The highest BCUT2D eigenvalue weighted by Gasteiger charge is 2.30. The molecule has 4 rings (SSSR count). The van der Waals surface area contributed by atoms with Crippen molar-refractivity contribution in [3.8, 4) is 5.75 Å². The predicted octanol–water partition coefficient (Wildman–Crippen LogP) is 5.64. The van der Waals surface area contributed by atoms with Crippen LogP contribution < -0.4 is 10.1 Å². The van der Waals surface area contributed by atoms with Crippen LogP contribution in [0.2, 0.25) is 0 Å². The van der Waals surface area contributed by atoms with Crippen molar-refractivity contribution in [2.24, 2.45) is 0 Å². The minimum atomic E-state index is -4.36. The lowest BCUT2D eigenvalue weighted by molar-refractivity contribution is -0.137. The molecule has 8 heteroatoms. The van der Waals surface area contributed by atoms with E-state index >= 15 is 0 Å². The molecule has 31 heavy (non-hydrogen) atoms. The molecular formula is C23H25F3N4O. The van der Waals surface area contributed by atoms with Gasteiger partial charge in [0.1, 0.15) is 11.9 Å². The number of alkyl halides is 3. The largest absolute Gasteiger partial charge is 0.490 e. The van der Waals surface area contributed by atoms with Crippen LogP contribution in [0.15, 0.2) is 48.7 Å². The van der Waals surface area contributed by atoms with Crippen LogP contribution >= 0.6 is 0 Å². The highest BCUT2D eigenvalue weighted by Crippen LogP contribution is 2.30. The lowest BCUT2D eigenvalue weighted by Crippen LogP contribution is -2.41. The predicted molar refractivity (Wildman–Crippen MR) is 115 cm³/mol. The van der Waals surface area contributed by atoms with E-state index in [0.29, 0.717) is 23.2 Å². The van der Waals surface area contributed by atoms with E-state index < -0.39 is 11.7 Å². The van der Waals surface area contributed by atoms with Gasteiger partial charge in [-0.25, -0.2) is 9.97 Å². The van der Waals surface area contributed by atoms with Crippen molar-refractivity contribution in [2.45, 2.75) is 45.0 Å². The molecule has 3 aromatic rings. The maximum absolute atomic E-state index is 12.7. The summed E-state index contributed by atoms with van der Waals surface area (Å²) in [5, 5.41) is 3.82. The molecule has 1 fully saturated rings. The van der Waals surface area contributed by atoms with Gasteiger partial charge in [-0.05, 0) is 63.1 Å². The Kier molecular flexibility index (Phi) is 6.00. The van der Waals surface area contributed by atoms with Gasteiger partial charge < -0.3 is 15.0 Å². The third-order valence-electron chi connectivity index (χ3n) is 5.53. The van der Waals surface area contributed by atoms with E-state index in [2.05, 4.69) is 34.0 Å². The van der Waals surface area contributed by atoms with Gasteiger partial charge >= 0.3 is 6.18 Å². The number of nitrogens with zero attached hydrogens (tertiary/aromatic N) is 3. The smallest absolute Gasteiger partial charge is 0.416 e. The van der Waals surface area contributed by atoms with Gasteiger partial charge in [-0.15, -0.1) is 0 Å². The second kappa shape index (κ2) is 8.70. The van der Waals surface area contributed by atoms with Gasteiger partial charge in [0.15, 0.2) is 0 Å². The molecule has 0 aliphatic carbocycles. The zero-order valence-electron chi connectivity index (χ0n) is 17.5. The summed E-state index contributed by atoms with van der Waals surface area (Å²) in [6.45, 7) is 6.47. The van der Waals surface area contributed by atoms with Crippen molar-refractivity contribution in [2.75, 3.05) is 18.4 Å². The Balaban J connectivity index is 1.45. The number of anilines is 2. The molecular weight excluding hydrogens is 405 g/mol. The normalized spacial score (nSPS) is 16.1. The zero-order valence-corrected chi connectivity index (χ0v) is 17.5. The fourth-order valence-corrected chi connectivity index (χ4v) is 3.71. The van der Waals surface area contributed by atoms with Gasteiger partial charge in [0.05, 0.1) is 11.1 Å². The SMILES string of the molecule is CC(C)N1CCC(Oc2ccc3cnc(Nc4ccc(C(F)(F)F)cc4)nc3c2)CC1. The molecule has 0 saturated carbocycles. The first-order chi connectivity index (χ1) is 14.8. The van der Waals surface area contributed by atoms with Crippen LogP contribution in [0.5, 0.6) is 5.75 Å². The van der Waals surface area contributed by atoms with Gasteiger partial charge in [-0.3, -0.25) is 0 Å². The summed E-state index contributed by atoms with van der Waals surface area (Å²) in [6, 6.07) is 11.0. The third-order valence-corrected chi connectivity index (χ3v) is 5.53. The molecule has 0 radical (unpaired) electrons. The molecule has 0 atom stereocenters. The zero-order chi connectivity index (χ0) is 22.0. The first kappa shape index (κ1) is 21.4. The molecule has 2 aromatic carbocycles. The van der Waals surface area contributed by atoms with Crippen LogP contribution in [-0.4, -0.2) is 40.1 Å².